The van der Waals surface area contributed by atoms with Crippen molar-refractivity contribution in [3.8, 4) is 0 Å². The van der Waals surface area contributed by atoms with Gasteiger partial charge in [0.05, 0.1) is 17.3 Å². The van der Waals surface area contributed by atoms with Gasteiger partial charge in [0.15, 0.2) is 0 Å². The van der Waals surface area contributed by atoms with Crippen LogP contribution in [0.25, 0.3) is 10.9 Å². The molecule has 2 amide bonds. The summed E-state index contributed by atoms with van der Waals surface area (Å²) < 4.78 is 39.9. The number of fused-ring (bicyclic) bond motifs is 1. The third kappa shape index (κ3) is 5.46. The minimum Gasteiger partial charge on any atom is -0.342 e. The summed E-state index contributed by atoms with van der Waals surface area (Å²) in [5.74, 6) is -2.11. The maximum atomic E-state index is 14.1. The van der Waals surface area contributed by atoms with Gasteiger partial charge in [-0.2, -0.15) is 0 Å². The van der Waals surface area contributed by atoms with Crippen LogP contribution in [0.15, 0.2) is 42.5 Å². The molecule has 1 aromatic heterocycles. The number of Topliss-reactive ketones (excluding diaryl/α,β-unsaturated/α-hetero) is 1. The average Bonchev–Trinajstić information content (AvgIpc) is 3.17. The van der Waals surface area contributed by atoms with E-state index in [0.29, 0.717) is 25.0 Å². The zero-order chi connectivity index (χ0) is 28.8. The summed E-state index contributed by atoms with van der Waals surface area (Å²) in [6.45, 7) is 7.06. The Morgan fingerprint density at radius 2 is 1.64 bits per heavy atom. The average molecular weight is 557 g/mol. The van der Waals surface area contributed by atoms with Gasteiger partial charge in [-0.05, 0) is 56.7 Å². The van der Waals surface area contributed by atoms with Gasteiger partial charge in [-0.1, -0.05) is 12.1 Å². The van der Waals surface area contributed by atoms with E-state index < -0.39 is 21.7 Å². The Hall–Kier alpha value is -3.57. The summed E-state index contributed by atoms with van der Waals surface area (Å²) in [4.78, 5) is 44.2. The standard InChI is InChI=1S/C28H33FN4O5S/c1-17-15-32(18(2)14-31(17)16-20-7-10-22(29)11-8-20)27(35)25-19(3)33(39(6,37)38)24-12-9-21(13-23(24)25)26(34)28(36)30(4)5/h7-13,17-18H,14-16H2,1-6H3/t17-,18+/m0/s1. The van der Waals surface area contributed by atoms with Crippen molar-refractivity contribution in [2.24, 2.45) is 0 Å². The van der Waals surface area contributed by atoms with E-state index in [4.69, 9.17) is 0 Å². The molecule has 0 unspecified atom stereocenters. The summed E-state index contributed by atoms with van der Waals surface area (Å²) in [7, 11) is -0.849. The molecule has 4 rings (SSSR count). The van der Waals surface area contributed by atoms with Crippen LogP contribution in [0.1, 0.15) is 45.8 Å². The summed E-state index contributed by atoms with van der Waals surface area (Å²) in [6, 6.07) is 10.4. The zero-order valence-corrected chi connectivity index (χ0v) is 23.8. The van der Waals surface area contributed by atoms with Gasteiger partial charge in [-0.25, -0.2) is 16.8 Å². The van der Waals surface area contributed by atoms with Crippen molar-refractivity contribution in [1.29, 1.82) is 0 Å². The van der Waals surface area contributed by atoms with Crippen LogP contribution in [-0.2, 0) is 21.4 Å². The molecule has 3 aromatic rings. The highest BCUT2D eigenvalue weighted by Gasteiger charge is 2.35. The van der Waals surface area contributed by atoms with Crippen molar-refractivity contribution < 1.29 is 27.2 Å². The number of rotatable bonds is 6. The summed E-state index contributed by atoms with van der Waals surface area (Å²) in [5.41, 5.74) is 1.74. The van der Waals surface area contributed by atoms with E-state index >= 15 is 0 Å². The van der Waals surface area contributed by atoms with Crippen LogP contribution in [-0.4, -0.2) is 90.2 Å². The quantitative estimate of drug-likeness (QED) is 0.342. The Morgan fingerprint density at radius 3 is 2.23 bits per heavy atom. The summed E-state index contributed by atoms with van der Waals surface area (Å²) in [6.07, 6.45) is 1.06. The number of nitrogens with zero attached hydrogens (tertiary/aromatic N) is 4. The predicted molar refractivity (Wildman–Crippen MR) is 147 cm³/mol. The number of ketones is 1. The van der Waals surface area contributed by atoms with E-state index in [1.807, 2.05) is 13.8 Å². The summed E-state index contributed by atoms with van der Waals surface area (Å²) >= 11 is 0. The number of amides is 2. The molecule has 39 heavy (non-hydrogen) atoms. The van der Waals surface area contributed by atoms with E-state index in [0.717, 1.165) is 15.8 Å². The number of piperazine rings is 1. The highest BCUT2D eigenvalue weighted by atomic mass is 32.2. The van der Waals surface area contributed by atoms with Crippen molar-refractivity contribution >= 4 is 38.5 Å². The van der Waals surface area contributed by atoms with Crippen LogP contribution < -0.4 is 0 Å². The first-order valence-electron chi connectivity index (χ1n) is 12.6. The predicted octanol–water partition coefficient (Wildman–Crippen LogP) is 2.90. The minimum absolute atomic E-state index is 0.0198. The normalized spacial score (nSPS) is 18.4. The van der Waals surface area contributed by atoms with Crippen molar-refractivity contribution in [2.45, 2.75) is 39.4 Å². The first-order valence-corrected chi connectivity index (χ1v) is 14.5. The molecule has 1 aliphatic rings. The second-order valence-corrected chi connectivity index (χ2v) is 12.3. The smallest absolute Gasteiger partial charge is 0.294 e. The van der Waals surface area contributed by atoms with Gasteiger partial charge in [0.2, 0.25) is 15.8 Å². The molecule has 9 nitrogen and oxygen atoms in total. The van der Waals surface area contributed by atoms with E-state index in [2.05, 4.69) is 4.90 Å². The van der Waals surface area contributed by atoms with Gasteiger partial charge >= 0.3 is 0 Å². The Bertz CT molecular complexity index is 1560. The van der Waals surface area contributed by atoms with Gasteiger partial charge < -0.3 is 9.80 Å². The van der Waals surface area contributed by atoms with Crippen molar-refractivity contribution in [3.05, 3.63) is 70.7 Å². The third-order valence-electron chi connectivity index (χ3n) is 7.23. The van der Waals surface area contributed by atoms with Crippen LogP contribution in [0.4, 0.5) is 4.39 Å². The molecule has 0 bridgehead atoms. The molecule has 1 aliphatic heterocycles. The topological polar surface area (TPSA) is 100 Å². The molecule has 11 heteroatoms. The van der Waals surface area contributed by atoms with Crippen LogP contribution in [0, 0.1) is 12.7 Å². The monoisotopic (exact) mass is 556 g/mol. The third-order valence-corrected chi connectivity index (χ3v) is 8.37. The molecule has 0 aliphatic carbocycles. The lowest BCUT2D eigenvalue weighted by Gasteiger charge is -2.44. The fourth-order valence-corrected chi connectivity index (χ4v) is 6.33. The summed E-state index contributed by atoms with van der Waals surface area (Å²) in [5, 5.41) is 0.300. The fourth-order valence-electron chi connectivity index (χ4n) is 5.23. The van der Waals surface area contributed by atoms with E-state index in [1.165, 1.54) is 49.3 Å². The number of hydrogen-bond acceptors (Lipinski definition) is 6. The Labute approximate surface area is 227 Å². The SMILES string of the molecule is Cc1c(C(=O)N2C[C@H](C)N(Cc3ccc(F)cc3)C[C@H]2C)c2cc(C(=O)C(=O)N(C)C)ccc2n1S(C)(=O)=O. The molecule has 1 saturated heterocycles. The van der Waals surface area contributed by atoms with E-state index in [-0.39, 0.29) is 46.1 Å². The molecule has 2 aromatic carbocycles. The maximum Gasteiger partial charge on any atom is 0.294 e. The highest BCUT2D eigenvalue weighted by Crippen LogP contribution is 2.31. The highest BCUT2D eigenvalue weighted by molar-refractivity contribution is 7.89. The number of carbonyl (C=O) groups excluding carboxylic acids is 3. The number of halogens is 1. The molecule has 0 N–H and O–H groups in total. The molecule has 1 fully saturated rings. The van der Waals surface area contributed by atoms with Gasteiger partial charge in [-0.15, -0.1) is 0 Å². The molecular formula is C28H33FN4O5S. The maximum absolute atomic E-state index is 14.1. The van der Waals surface area contributed by atoms with Crippen LogP contribution in [0.3, 0.4) is 0 Å². The lowest BCUT2D eigenvalue weighted by atomic mass is 10.0. The van der Waals surface area contributed by atoms with Crippen molar-refractivity contribution in [3.63, 3.8) is 0 Å². The van der Waals surface area contributed by atoms with Gasteiger partial charge in [0.1, 0.15) is 5.82 Å². The minimum atomic E-state index is -3.79. The number of hydrogen-bond donors (Lipinski definition) is 0. The van der Waals surface area contributed by atoms with Crippen LogP contribution in [0.5, 0.6) is 0 Å². The lowest BCUT2D eigenvalue weighted by Crippen LogP contribution is -2.57. The first kappa shape index (κ1) is 28.4. The van der Waals surface area contributed by atoms with Crippen LogP contribution in [0.2, 0.25) is 0 Å². The number of benzene rings is 2. The molecule has 2 heterocycles. The second-order valence-electron chi connectivity index (χ2n) is 10.5. The second kappa shape index (κ2) is 10.5. The van der Waals surface area contributed by atoms with Crippen molar-refractivity contribution in [1.82, 2.24) is 18.7 Å². The fraction of sp³-hybridized carbons (Fsp3) is 0.393. The largest absolute Gasteiger partial charge is 0.342 e. The first-order chi connectivity index (χ1) is 18.2. The van der Waals surface area contributed by atoms with E-state index in [1.54, 1.807) is 24.0 Å². The lowest BCUT2D eigenvalue weighted by molar-refractivity contribution is -0.124. The number of aromatic nitrogens is 1. The van der Waals surface area contributed by atoms with Crippen molar-refractivity contribution in [2.75, 3.05) is 33.4 Å². The Balaban J connectivity index is 1.72. The zero-order valence-electron chi connectivity index (χ0n) is 22.9. The van der Waals surface area contributed by atoms with Gasteiger partial charge in [0, 0.05) is 62.5 Å². The molecule has 0 radical (unpaired) electrons. The molecule has 0 spiro atoms. The Morgan fingerprint density at radius 1 is 1.00 bits per heavy atom. The molecule has 0 saturated carbocycles. The van der Waals surface area contributed by atoms with Gasteiger partial charge in [-0.3, -0.25) is 19.3 Å². The number of carbonyl (C=O) groups is 3. The molecule has 208 valence electrons. The van der Waals surface area contributed by atoms with E-state index in [9.17, 15) is 27.2 Å². The molecule has 2 atom stereocenters. The Kier molecular flexibility index (Phi) is 7.68. The molecular weight excluding hydrogens is 523 g/mol. The van der Waals surface area contributed by atoms with Crippen LogP contribution >= 0.6 is 0 Å². The van der Waals surface area contributed by atoms with Gasteiger partial charge in [0.25, 0.3) is 11.8 Å². The number of likely N-dealkylation sites (N-methyl/N-ethyl adjacent to an activating group) is 1.